The Hall–Kier alpha value is -2.62. The minimum atomic E-state index is -0.657. The van der Waals surface area contributed by atoms with Crippen molar-refractivity contribution in [2.24, 2.45) is 0 Å². The van der Waals surface area contributed by atoms with Gasteiger partial charge in [0.25, 0.3) is 0 Å². The summed E-state index contributed by atoms with van der Waals surface area (Å²) >= 11 is 0. The van der Waals surface area contributed by atoms with Crippen LogP contribution in [0.25, 0.3) is 0 Å². The van der Waals surface area contributed by atoms with Gasteiger partial charge in [0.15, 0.2) is 0 Å². The van der Waals surface area contributed by atoms with Crippen molar-refractivity contribution in [3.05, 3.63) is 64.7 Å². The molecule has 2 rings (SSSR count). The van der Waals surface area contributed by atoms with Crippen LogP contribution in [0, 0.1) is 20.8 Å². The molecule has 0 spiro atoms. The molecule has 0 aromatic heterocycles. The van der Waals surface area contributed by atoms with Gasteiger partial charge in [-0.1, -0.05) is 35.9 Å². The maximum atomic E-state index is 11.9. The average molecular weight is 296 g/mol. The Morgan fingerprint density at radius 2 is 1.55 bits per heavy atom. The van der Waals surface area contributed by atoms with Crippen LogP contribution in [0.1, 0.15) is 22.3 Å². The van der Waals surface area contributed by atoms with Crippen LogP contribution in [0.4, 0.5) is 5.69 Å². The fourth-order valence-electron chi connectivity index (χ4n) is 1.98. The Labute approximate surface area is 130 Å². The van der Waals surface area contributed by atoms with Crippen LogP contribution in [0.5, 0.6) is 0 Å². The number of rotatable bonds is 3. The van der Waals surface area contributed by atoms with Crippen molar-refractivity contribution in [1.82, 2.24) is 5.32 Å². The molecule has 0 aliphatic heterocycles. The van der Waals surface area contributed by atoms with Gasteiger partial charge in [-0.15, -0.1) is 0 Å². The molecule has 22 heavy (non-hydrogen) atoms. The first kappa shape index (κ1) is 15.8. The molecular formula is C18H20N2O2. The lowest BCUT2D eigenvalue weighted by atomic mass is 10.1. The van der Waals surface area contributed by atoms with Gasteiger partial charge in [-0.3, -0.25) is 9.59 Å². The van der Waals surface area contributed by atoms with Gasteiger partial charge >= 0.3 is 11.8 Å². The third kappa shape index (κ3) is 4.19. The second kappa shape index (κ2) is 6.89. The van der Waals surface area contributed by atoms with Gasteiger partial charge in [0.2, 0.25) is 0 Å². The van der Waals surface area contributed by atoms with Crippen molar-refractivity contribution in [3.8, 4) is 0 Å². The molecule has 0 fully saturated rings. The lowest BCUT2D eigenvalue weighted by Crippen LogP contribution is -2.34. The van der Waals surface area contributed by atoms with Crippen LogP contribution >= 0.6 is 0 Å². The summed E-state index contributed by atoms with van der Waals surface area (Å²) in [4.78, 5) is 23.7. The lowest BCUT2D eigenvalue weighted by molar-refractivity contribution is -0.136. The van der Waals surface area contributed by atoms with E-state index in [-0.39, 0.29) is 0 Å². The second-order valence-electron chi connectivity index (χ2n) is 5.42. The topological polar surface area (TPSA) is 58.2 Å². The van der Waals surface area contributed by atoms with E-state index in [0.29, 0.717) is 12.2 Å². The molecule has 0 aliphatic rings. The summed E-state index contributed by atoms with van der Waals surface area (Å²) in [6, 6.07) is 13.3. The predicted molar refractivity (Wildman–Crippen MR) is 87.6 cm³/mol. The summed E-state index contributed by atoms with van der Waals surface area (Å²) in [5, 5.41) is 5.22. The zero-order chi connectivity index (χ0) is 16.1. The maximum absolute atomic E-state index is 11.9. The van der Waals surface area contributed by atoms with E-state index in [1.807, 2.05) is 57.2 Å². The Bertz CT molecular complexity index is 691. The number of benzene rings is 2. The van der Waals surface area contributed by atoms with Crippen molar-refractivity contribution >= 4 is 17.5 Å². The SMILES string of the molecule is Cc1ccc(CNC(=O)C(=O)Nc2ccc(C)c(C)c2)cc1. The fraction of sp³-hybridized carbons (Fsp3) is 0.222. The second-order valence-corrected chi connectivity index (χ2v) is 5.42. The standard InChI is InChI=1S/C18H20N2O2/c1-12-4-7-15(8-5-12)11-19-17(21)18(22)20-16-9-6-13(2)14(3)10-16/h4-10H,11H2,1-3H3,(H,19,21)(H,20,22). The van der Waals surface area contributed by atoms with Crippen molar-refractivity contribution in [3.63, 3.8) is 0 Å². The van der Waals surface area contributed by atoms with Crippen molar-refractivity contribution in [2.75, 3.05) is 5.32 Å². The highest BCUT2D eigenvalue weighted by Gasteiger charge is 2.13. The number of carbonyl (C=O) groups excluding carboxylic acids is 2. The Morgan fingerprint density at radius 1 is 0.864 bits per heavy atom. The predicted octanol–water partition coefficient (Wildman–Crippen LogP) is 2.87. The molecule has 0 heterocycles. The quantitative estimate of drug-likeness (QED) is 0.856. The number of hydrogen-bond acceptors (Lipinski definition) is 2. The Balaban J connectivity index is 1.90. The average Bonchev–Trinajstić information content (AvgIpc) is 2.50. The summed E-state index contributed by atoms with van der Waals surface area (Å²) in [6.07, 6.45) is 0. The van der Waals surface area contributed by atoms with E-state index in [1.165, 1.54) is 0 Å². The maximum Gasteiger partial charge on any atom is 0.313 e. The van der Waals surface area contributed by atoms with Crippen LogP contribution in [-0.4, -0.2) is 11.8 Å². The summed E-state index contributed by atoms with van der Waals surface area (Å²) in [5.41, 5.74) is 4.94. The summed E-state index contributed by atoms with van der Waals surface area (Å²) in [6.45, 7) is 6.29. The molecule has 4 nitrogen and oxygen atoms in total. The van der Waals surface area contributed by atoms with E-state index in [4.69, 9.17) is 0 Å². The van der Waals surface area contributed by atoms with Crippen molar-refractivity contribution in [1.29, 1.82) is 0 Å². The van der Waals surface area contributed by atoms with Gasteiger partial charge in [0.1, 0.15) is 0 Å². The first-order valence-corrected chi connectivity index (χ1v) is 7.17. The van der Waals surface area contributed by atoms with Gasteiger partial charge in [0, 0.05) is 12.2 Å². The molecule has 2 aromatic carbocycles. The first-order chi connectivity index (χ1) is 10.5. The molecule has 0 unspecified atom stereocenters. The van der Waals surface area contributed by atoms with Gasteiger partial charge in [-0.05, 0) is 49.6 Å². The van der Waals surface area contributed by atoms with E-state index in [9.17, 15) is 9.59 Å². The first-order valence-electron chi connectivity index (χ1n) is 7.17. The van der Waals surface area contributed by atoms with Crippen LogP contribution in [-0.2, 0) is 16.1 Å². The zero-order valence-corrected chi connectivity index (χ0v) is 13.1. The summed E-state index contributed by atoms with van der Waals surface area (Å²) in [7, 11) is 0. The minimum absolute atomic E-state index is 0.333. The van der Waals surface area contributed by atoms with Crippen molar-refractivity contribution in [2.45, 2.75) is 27.3 Å². The molecule has 4 heteroatoms. The monoisotopic (exact) mass is 296 g/mol. The normalized spacial score (nSPS) is 10.1. The number of aryl methyl sites for hydroxylation is 3. The Kier molecular flexibility index (Phi) is 4.94. The van der Waals surface area contributed by atoms with Gasteiger partial charge < -0.3 is 10.6 Å². The summed E-state index contributed by atoms with van der Waals surface area (Å²) in [5.74, 6) is -1.30. The fourth-order valence-corrected chi connectivity index (χ4v) is 1.98. The number of amides is 2. The molecule has 114 valence electrons. The van der Waals surface area contributed by atoms with Gasteiger partial charge in [-0.2, -0.15) is 0 Å². The largest absolute Gasteiger partial charge is 0.344 e. The number of nitrogens with one attached hydrogen (secondary N) is 2. The molecule has 2 amide bonds. The lowest BCUT2D eigenvalue weighted by Gasteiger charge is -2.08. The summed E-state index contributed by atoms with van der Waals surface area (Å²) < 4.78 is 0. The molecule has 0 atom stereocenters. The van der Waals surface area contributed by atoms with E-state index in [1.54, 1.807) is 6.07 Å². The van der Waals surface area contributed by atoms with E-state index in [2.05, 4.69) is 10.6 Å². The molecule has 2 aromatic rings. The highest BCUT2D eigenvalue weighted by molar-refractivity contribution is 6.39. The minimum Gasteiger partial charge on any atom is -0.344 e. The van der Waals surface area contributed by atoms with Crippen LogP contribution in [0.3, 0.4) is 0 Å². The Morgan fingerprint density at radius 3 is 2.18 bits per heavy atom. The molecule has 2 N–H and O–H groups in total. The third-order valence-electron chi connectivity index (χ3n) is 3.54. The van der Waals surface area contributed by atoms with Gasteiger partial charge in [0.05, 0.1) is 0 Å². The van der Waals surface area contributed by atoms with Crippen molar-refractivity contribution < 1.29 is 9.59 Å². The van der Waals surface area contributed by atoms with E-state index < -0.39 is 11.8 Å². The highest BCUT2D eigenvalue weighted by atomic mass is 16.2. The number of carbonyl (C=O) groups is 2. The molecule has 0 saturated heterocycles. The van der Waals surface area contributed by atoms with E-state index >= 15 is 0 Å². The number of hydrogen-bond donors (Lipinski definition) is 2. The van der Waals surface area contributed by atoms with Gasteiger partial charge in [-0.25, -0.2) is 0 Å². The smallest absolute Gasteiger partial charge is 0.313 e. The third-order valence-corrected chi connectivity index (χ3v) is 3.54. The zero-order valence-electron chi connectivity index (χ0n) is 13.1. The molecule has 0 saturated carbocycles. The van der Waals surface area contributed by atoms with Crippen LogP contribution in [0.2, 0.25) is 0 Å². The molecule has 0 aliphatic carbocycles. The van der Waals surface area contributed by atoms with Crippen LogP contribution < -0.4 is 10.6 Å². The highest BCUT2D eigenvalue weighted by Crippen LogP contribution is 2.13. The molecular weight excluding hydrogens is 276 g/mol. The van der Waals surface area contributed by atoms with Crippen LogP contribution in [0.15, 0.2) is 42.5 Å². The molecule has 0 radical (unpaired) electrons. The van der Waals surface area contributed by atoms with E-state index in [0.717, 1.165) is 22.3 Å². The number of anilines is 1. The molecule has 0 bridgehead atoms.